The van der Waals surface area contributed by atoms with Crippen molar-refractivity contribution in [1.29, 1.82) is 0 Å². The minimum atomic E-state index is -3.91. The van der Waals surface area contributed by atoms with Crippen LogP contribution >= 0.6 is 0 Å². The molecule has 0 aromatic heterocycles. The number of hydrogen-bond donors (Lipinski definition) is 1. The lowest BCUT2D eigenvalue weighted by Crippen LogP contribution is -2.32. The van der Waals surface area contributed by atoms with Crippen molar-refractivity contribution in [3.8, 4) is 5.75 Å². The highest BCUT2D eigenvalue weighted by atomic mass is 32.2. The molecule has 0 bridgehead atoms. The normalized spacial score (nSPS) is 14.5. The van der Waals surface area contributed by atoms with Crippen LogP contribution < -0.4 is 9.46 Å². The van der Waals surface area contributed by atoms with E-state index in [0.29, 0.717) is 17.5 Å². The van der Waals surface area contributed by atoms with Crippen LogP contribution in [-0.2, 0) is 26.0 Å². The molecule has 0 fully saturated rings. The van der Waals surface area contributed by atoms with Crippen molar-refractivity contribution >= 4 is 22.1 Å². The third-order valence-electron chi connectivity index (χ3n) is 5.02. The lowest BCUT2D eigenvalue weighted by atomic mass is 9.97. The molecule has 0 aliphatic heterocycles. The van der Waals surface area contributed by atoms with Crippen LogP contribution in [0.4, 0.5) is 8.78 Å². The molecule has 0 saturated heterocycles. The lowest BCUT2D eigenvalue weighted by Gasteiger charge is -2.22. The fraction of sp³-hybridized carbons (Fsp3) is 0.318. The van der Waals surface area contributed by atoms with E-state index in [-0.39, 0.29) is 23.5 Å². The highest BCUT2D eigenvalue weighted by molar-refractivity contribution is 7.93. The first-order valence-corrected chi connectivity index (χ1v) is 11.1. The van der Waals surface area contributed by atoms with Crippen molar-refractivity contribution in [2.45, 2.75) is 38.8 Å². The van der Waals surface area contributed by atoms with Gasteiger partial charge in [0.2, 0.25) is 10.0 Å². The van der Waals surface area contributed by atoms with Crippen LogP contribution in [-0.4, -0.2) is 28.1 Å². The number of carbonyl (C=O) groups excluding carboxylic acids is 1. The van der Waals surface area contributed by atoms with Crippen molar-refractivity contribution in [2.75, 3.05) is 7.11 Å². The second-order valence-corrected chi connectivity index (χ2v) is 8.98. The largest absolute Gasteiger partial charge is 0.469 e. The van der Waals surface area contributed by atoms with E-state index >= 15 is 0 Å². The van der Waals surface area contributed by atoms with E-state index in [1.54, 1.807) is 18.2 Å². The van der Waals surface area contributed by atoms with Gasteiger partial charge < -0.3 is 9.47 Å². The molecule has 1 aliphatic rings. The highest BCUT2D eigenvalue weighted by Gasteiger charge is 2.27. The van der Waals surface area contributed by atoms with Crippen LogP contribution in [0.25, 0.3) is 6.08 Å². The molecule has 3 rings (SSSR count). The average Bonchev–Trinajstić information content (AvgIpc) is 2.72. The monoisotopic (exact) mass is 451 g/mol. The summed E-state index contributed by atoms with van der Waals surface area (Å²) in [5.41, 5.74) is 2.99. The third-order valence-corrected chi connectivity index (χ3v) is 6.62. The third kappa shape index (κ3) is 5.89. The average molecular weight is 451 g/mol. The molecule has 1 aliphatic carbocycles. The molecule has 166 valence electrons. The number of nitrogens with one attached hydrogen (secondary N) is 1. The Hall–Kier alpha value is -2.78. The number of ether oxygens (including phenoxy) is 2. The first kappa shape index (κ1) is 22.9. The standard InChI is InChI=1S/C22H23F2NO5S/c1-14-3-5-15(6-4-14)20(13-21(26)29-2)25-31(27,28)19-10-8-16-11-18(30-22(23)24)9-7-17(16)12-19/h3-7,9,11-12,20,22,25H,8,10,13H2,1-2H3. The predicted octanol–water partition coefficient (Wildman–Crippen LogP) is 4.11. The van der Waals surface area contributed by atoms with Crippen LogP contribution in [0.2, 0.25) is 0 Å². The Labute approximate surface area is 179 Å². The van der Waals surface area contributed by atoms with Crippen molar-refractivity contribution in [1.82, 2.24) is 4.72 Å². The minimum Gasteiger partial charge on any atom is -0.469 e. The fourth-order valence-corrected chi connectivity index (χ4v) is 4.77. The topological polar surface area (TPSA) is 81.7 Å². The number of allylic oxidation sites excluding steroid dienone is 1. The number of alkyl halides is 2. The van der Waals surface area contributed by atoms with Gasteiger partial charge in [0.1, 0.15) is 5.75 Å². The Morgan fingerprint density at radius 2 is 1.84 bits per heavy atom. The summed E-state index contributed by atoms with van der Waals surface area (Å²) in [6.07, 6.45) is 1.91. The molecule has 31 heavy (non-hydrogen) atoms. The number of methoxy groups -OCH3 is 1. The van der Waals surface area contributed by atoms with E-state index in [1.807, 2.05) is 19.1 Å². The van der Waals surface area contributed by atoms with Gasteiger partial charge in [-0.1, -0.05) is 35.9 Å². The number of fused-ring (bicyclic) bond motifs is 1. The van der Waals surface area contributed by atoms with Gasteiger partial charge in [0.15, 0.2) is 0 Å². The molecule has 0 saturated carbocycles. The van der Waals surface area contributed by atoms with Crippen LogP contribution in [0.3, 0.4) is 0 Å². The molecule has 6 nitrogen and oxygen atoms in total. The van der Waals surface area contributed by atoms with Crippen LogP contribution in [0.5, 0.6) is 5.75 Å². The molecule has 2 aromatic rings. The first-order chi connectivity index (χ1) is 14.7. The molecule has 0 radical (unpaired) electrons. The van der Waals surface area contributed by atoms with Gasteiger partial charge in [0, 0.05) is 0 Å². The van der Waals surface area contributed by atoms with E-state index in [2.05, 4.69) is 9.46 Å². The highest BCUT2D eigenvalue weighted by Crippen LogP contribution is 2.31. The number of benzene rings is 2. The van der Waals surface area contributed by atoms with Gasteiger partial charge in [0.25, 0.3) is 0 Å². The van der Waals surface area contributed by atoms with Gasteiger partial charge in [-0.2, -0.15) is 8.78 Å². The van der Waals surface area contributed by atoms with Gasteiger partial charge in [-0.25, -0.2) is 13.1 Å². The maximum atomic E-state index is 13.1. The second kappa shape index (κ2) is 9.57. The Morgan fingerprint density at radius 1 is 1.13 bits per heavy atom. The van der Waals surface area contributed by atoms with Gasteiger partial charge in [-0.05, 0) is 54.7 Å². The summed E-state index contributed by atoms with van der Waals surface area (Å²) in [6.45, 7) is -1.02. The Kier molecular flexibility index (Phi) is 7.07. The van der Waals surface area contributed by atoms with E-state index < -0.39 is 28.6 Å². The number of esters is 1. The molecule has 2 aromatic carbocycles. The molecular weight excluding hydrogens is 428 g/mol. The van der Waals surface area contributed by atoms with Gasteiger partial charge in [0.05, 0.1) is 24.5 Å². The van der Waals surface area contributed by atoms with E-state index in [1.165, 1.54) is 25.3 Å². The minimum absolute atomic E-state index is 0.0316. The maximum absolute atomic E-state index is 13.1. The number of aryl methyl sites for hydroxylation is 2. The van der Waals surface area contributed by atoms with Crippen molar-refractivity contribution < 1.29 is 31.5 Å². The number of carbonyl (C=O) groups is 1. The summed E-state index contributed by atoms with van der Waals surface area (Å²) in [5, 5.41) is 0. The van der Waals surface area contributed by atoms with Crippen molar-refractivity contribution in [3.63, 3.8) is 0 Å². The predicted molar refractivity (Wildman–Crippen MR) is 112 cm³/mol. The summed E-state index contributed by atoms with van der Waals surface area (Å²) >= 11 is 0. The summed E-state index contributed by atoms with van der Waals surface area (Å²) in [5.74, 6) is -0.508. The summed E-state index contributed by atoms with van der Waals surface area (Å²) in [7, 11) is -2.67. The second-order valence-electron chi connectivity index (χ2n) is 7.21. The maximum Gasteiger partial charge on any atom is 0.387 e. The van der Waals surface area contributed by atoms with Crippen molar-refractivity contribution in [3.05, 3.63) is 69.6 Å². The Morgan fingerprint density at radius 3 is 2.48 bits per heavy atom. The molecular formula is C22H23F2NO5S. The van der Waals surface area contributed by atoms with E-state index in [9.17, 15) is 22.0 Å². The quantitative estimate of drug-likeness (QED) is 0.611. The SMILES string of the molecule is COC(=O)CC(NS(=O)(=O)C1=Cc2ccc(OC(F)F)cc2CC1)c1ccc(C)cc1. The summed E-state index contributed by atoms with van der Waals surface area (Å²) in [6, 6.07) is 10.8. The fourth-order valence-electron chi connectivity index (χ4n) is 3.37. The Balaban J connectivity index is 1.86. The van der Waals surface area contributed by atoms with E-state index in [4.69, 9.17) is 4.74 Å². The zero-order chi connectivity index (χ0) is 22.6. The molecule has 1 unspecified atom stereocenters. The van der Waals surface area contributed by atoms with Gasteiger partial charge in [-0.3, -0.25) is 4.79 Å². The smallest absolute Gasteiger partial charge is 0.387 e. The molecule has 1 atom stereocenters. The van der Waals surface area contributed by atoms with Gasteiger partial charge in [-0.15, -0.1) is 0 Å². The van der Waals surface area contributed by atoms with E-state index in [0.717, 1.165) is 11.1 Å². The van der Waals surface area contributed by atoms with Crippen LogP contribution in [0, 0.1) is 6.92 Å². The zero-order valence-electron chi connectivity index (χ0n) is 17.1. The molecule has 0 amide bonds. The number of rotatable bonds is 8. The number of hydrogen-bond acceptors (Lipinski definition) is 5. The molecule has 1 N–H and O–H groups in total. The zero-order valence-corrected chi connectivity index (χ0v) is 17.9. The van der Waals surface area contributed by atoms with Crippen LogP contribution in [0.1, 0.15) is 41.1 Å². The van der Waals surface area contributed by atoms with Crippen molar-refractivity contribution in [2.24, 2.45) is 0 Å². The summed E-state index contributed by atoms with van der Waals surface area (Å²) < 4.78 is 62.7. The molecule has 0 spiro atoms. The first-order valence-electron chi connectivity index (χ1n) is 9.62. The number of sulfonamides is 1. The molecule has 9 heteroatoms. The number of halogens is 2. The lowest BCUT2D eigenvalue weighted by molar-refractivity contribution is -0.141. The van der Waals surface area contributed by atoms with Gasteiger partial charge >= 0.3 is 12.6 Å². The Bertz CT molecular complexity index is 1080. The van der Waals surface area contributed by atoms with Crippen LogP contribution in [0.15, 0.2) is 47.4 Å². The summed E-state index contributed by atoms with van der Waals surface area (Å²) in [4.78, 5) is 12.0. The molecule has 0 heterocycles.